The summed E-state index contributed by atoms with van der Waals surface area (Å²) in [5.74, 6) is 1.40. The minimum Gasteiger partial charge on any atom is -0.394 e. The molecule has 0 aromatic carbocycles. The number of aliphatic hydroxyl groups is 1. The van der Waals surface area contributed by atoms with Crippen molar-refractivity contribution in [3.8, 4) is 11.4 Å². The van der Waals surface area contributed by atoms with E-state index in [2.05, 4.69) is 17.2 Å². The molecule has 7 nitrogen and oxygen atoms in total. The van der Waals surface area contributed by atoms with Gasteiger partial charge in [0.2, 0.25) is 5.91 Å². The van der Waals surface area contributed by atoms with E-state index in [9.17, 15) is 9.90 Å². The topological polar surface area (TPSA) is 91.2 Å². The molecule has 27 heavy (non-hydrogen) atoms. The molecule has 7 heteroatoms. The molecular formula is C20H27N5O2. The molecule has 2 aromatic heterocycles. The fourth-order valence-corrected chi connectivity index (χ4v) is 3.30. The van der Waals surface area contributed by atoms with Gasteiger partial charge in [-0.1, -0.05) is 19.8 Å². The van der Waals surface area contributed by atoms with Crippen molar-refractivity contribution < 1.29 is 9.90 Å². The molecule has 0 radical (unpaired) electrons. The Bertz CT molecular complexity index is 781. The lowest BCUT2D eigenvalue weighted by Crippen LogP contribution is -2.36. The van der Waals surface area contributed by atoms with Crippen molar-refractivity contribution in [3.63, 3.8) is 0 Å². The van der Waals surface area contributed by atoms with Gasteiger partial charge in [-0.25, -0.2) is 9.97 Å². The third-order valence-electron chi connectivity index (χ3n) is 4.90. The van der Waals surface area contributed by atoms with E-state index < -0.39 is 0 Å². The van der Waals surface area contributed by atoms with Crippen LogP contribution in [0.25, 0.3) is 11.4 Å². The summed E-state index contributed by atoms with van der Waals surface area (Å²) in [6.45, 7) is 4.91. The number of hydrogen-bond acceptors (Lipinski definition) is 6. The van der Waals surface area contributed by atoms with Gasteiger partial charge in [-0.2, -0.15) is 0 Å². The Morgan fingerprint density at radius 2 is 2.26 bits per heavy atom. The van der Waals surface area contributed by atoms with Crippen molar-refractivity contribution in [2.75, 3.05) is 18.5 Å². The molecule has 2 N–H and O–H groups in total. The van der Waals surface area contributed by atoms with E-state index in [0.29, 0.717) is 25.3 Å². The number of aliphatic hydroxyl groups excluding tert-OH is 1. The standard InChI is InChI=1S/C20H27N5O2/c1-3-4-7-16(13-26)22-20-17-8-10-25(14(2)27)12-18(17)23-19(24-20)15-6-5-9-21-11-15/h5-6,9,11,16,26H,3-4,7-8,10,12-13H2,1-2H3,(H,22,23,24)/t16-/m1/s1. The Morgan fingerprint density at radius 1 is 1.41 bits per heavy atom. The number of carbonyl (C=O) groups excluding carboxylic acids is 1. The van der Waals surface area contributed by atoms with Gasteiger partial charge in [-0.3, -0.25) is 9.78 Å². The van der Waals surface area contributed by atoms with Crippen LogP contribution in [0.15, 0.2) is 24.5 Å². The number of nitrogens with zero attached hydrogens (tertiary/aromatic N) is 4. The van der Waals surface area contributed by atoms with Crippen LogP contribution in [0.2, 0.25) is 0 Å². The molecule has 0 aliphatic carbocycles. The Morgan fingerprint density at radius 3 is 2.93 bits per heavy atom. The normalized spacial score (nSPS) is 14.6. The third-order valence-corrected chi connectivity index (χ3v) is 4.90. The first-order valence-electron chi connectivity index (χ1n) is 9.55. The minimum absolute atomic E-state index is 0.0449. The zero-order valence-electron chi connectivity index (χ0n) is 16.0. The number of carbonyl (C=O) groups is 1. The lowest BCUT2D eigenvalue weighted by atomic mass is 10.0. The summed E-state index contributed by atoms with van der Waals surface area (Å²) in [6, 6.07) is 3.73. The second-order valence-corrected chi connectivity index (χ2v) is 6.92. The van der Waals surface area contributed by atoms with Crippen molar-refractivity contribution in [2.45, 2.75) is 52.1 Å². The largest absolute Gasteiger partial charge is 0.394 e. The highest BCUT2D eigenvalue weighted by molar-refractivity contribution is 5.74. The van der Waals surface area contributed by atoms with Crippen LogP contribution in [0.5, 0.6) is 0 Å². The number of hydrogen-bond donors (Lipinski definition) is 2. The summed E-state index contributed by atoms with van der Waals surface area (Å²) in [4.78, 5) is 27.2. The smallest absolute Gasteiger partial charge is 0.219 e. The fraction of sp³-hybridized carbons (Fsp3) is 0.500. The lowest BCUT2D eigenvalue weighted by molar-refractivity contribution is -0.129. The lowest BCUT2D eigenvalue weighted by Gasteiger charge is -2.29. The first-order chi connectivity index (χ1) is 13.1. The van der Waals surface area contributed by atoms with E-state index in [4.69, 9.17) is 9.97 Å². The molecule has 0 unspecified atom stereocenters. The van der Waals surface area contributed by atoms with Gasteiger partial charge >= 0.3 is 0 Å². The van der Waals surface area contributed by atoms with E-state index in [0.717, 1.165) is 41.9 Å². The van der Waals surface area contributed by atoms with Crippen LogP contribution in [0.4, 0.5) is 5.82 Å². The maximum absolute atomic E-state index is 11.8. The van der Waals surface area contributed by atoms with E-state index in [-0.39, 0.29) is 18.6 Å². The SMILES string of the molecule is CCCC[C@H](CO)Nc1nc(-c2cccnc2)nc2c1CCN(C(C)=O)C2. The highest BCUT2D eigenvalue weighted by atomic mass is 16.3. The maximum Gasteiger partial charge on any atom is 0.219 e. The van der Waals surface area contributed by atoms with Crippen LogP contribution in [-0.2, 0) is 17.8 Å². The van der Waals surface area contributed by atoms with E-state index in [1.165, 1.54) is 0 Å². The Labute approximate surface area is 159 Å². The van der Waals surface area contributed by atoms with Crippen LogP contribution >= 0.6 is 0 Å². The minimum atomic E-state index is -0.0449. The molecule has 0 saturated heterocycles. The van der Waals surface area contributed by atoms with Crippen molar-refractivity contribution in [1.82, 2.24) is 19.9 Å². The molecule has 0 fully saturated rings. The Kier molecular flexibility index (Phi) is 6.34. The molecule has 1 atom stereocenters. The van der Waals surface area contributed by atoms with E-state index in [1.807, 2.05) is 12.1 Å². The second-order valence-electron chi connectivity index (χ2n) is 6.92. The number of pyridine rings is 1. The first kappa shape index (κ1) is 19.2. The maximum atomic E-state index is 11.8. The van der Waals surface area contributed by atoms with Crippen molar-refractivity contribution >= 4 is 11.7 Å². The van der Waals surface area contributed by atoms with Crippen LogP contribution in [0.3, 0.4) is 0 Å². The number of fused-ring (bicyclic) bond motifs is 1. The molecule has 0 saturated carbocycles. The van der Waals surface area contributed by atoms with Gasteiger partial charge in [0.05, 0.1) is 24.9 Å². The van der Waals surface area contributed by atoms with Gasteiger partial charge in [0.1, 0.15) is 5.82 Å². The third kappa shape index (κ3) is 4.60. The van der Waals surface area contributed by atoms with Gasteiger partial charge in [-0.15, -0.1) is 0 Å². The number of unbranched alkanes of at least 4 members (excludes halogenated alkanes) is 1. The summed E-state index contributed by atoms with van der Waals surface area (Å²) in [7, 11) is 0. The average Bonchev–Trinajstić information content (AvgIpc) is 2.70. The quantitative estimate of drug-likeness (QED) is 0.779. The highest BCUT2D eigenvalue weighted by Gasteiger charge is 2.25. The molecule has 144 valence electrons. The molecule has 1 aliphatic heterocycles. The van der Waals surface area contributed by atoms with Gasteiger partial charge in [-0.05, 0) is 25.0 Å². The van der Waals surface area contributed by atoms with Gasteiger partial charge in [0.25, 0.3) is 0 Å². The molecule has 3 rings (SSSR count). The Hall–Kier alpha value is -2.54. The number of anilines is 1. The van der Waals surface area contributed by atoms with Crippen LogP contribution in [0.1, 0.15) is 44.4 Å². The Balaban J connectivity index is 1.98. The number of aromatic nitrogens is 3. The number of nitrogens with one attached hydrogen (secondary N) is 1. The molecule has 2 aromatic rings. The van der Waals surface area contributed by atoms with Crippen molar-refractivity contribution in [3.05, 3.63) is 35.8 Å². The first-order valence-corrected chi connectivity index (χ1v) is 9.55. The molecular weight excluding hydrogens is 342 g/mol. The summed E-state index contributed by atoms with van der Waals surface area (Å²) in [5, 5.41) is 13.2. The fourth-order valence-electron chi connectivity index (χ4n) is 3.30. The summed E-state index contributed by atoms with van der Waals surface area (Å²) in [6.07, 6.45) is 7.15. The molecule has 3 heterocycles. The number of amides is 1. The van der Waals surface area contributed by atoms with Gasteiger partial charge < -0.3 is 15.3 Å². The zero-order valence-corrected chi connectivity index (χ0v) is 16.0. The molecule has 1 amide bonds. The number of rotatable bonds is 7. The predicted octanol–water partition coefficient (Wildman–Crippen LogP) is 2.41. The average molecular weight is 369 g/mol. The molecule has 0 bridgehead atoms. The van der Waals surface area contributed by atoms with E-state index in [1.54, 1.807) is 24.2 Å². The molecule has 0 spiro atoms. The summed E-state index contributed by atoms with van der Waals surface area (Å²) in [5.41, 5.74) is 2.73. The van der Waals surface area contributed by atoms with Crippen LogP contribution in [0, 0.1) is 0 Å². The van der Waals surface area contributed by atoms with E-state index >= 15 is 0 Å². The van der Waals surface area contributed by atoms with Crippen LogP contribution < -0.4 is 5.32 Å². The summed E-state index contributed by atoms with van der Waals surface area (Å²) >= 11 is 0. The molecule has 1 aliphatic rings. The monoisotopic (exact) mass is 369 g/mol. The zero-order chi connectivity index (χ0) is 19.2. The predicted molar refractivity (Wildman–Crippen MR) is 104 cm³/mol. The highest BCUT2D eigenvalue weighted by Crippen LogP contribution is 2.28. The van der Waals surface area contributed by atoms with Gasteiger partial charge in [0, 0.05) is 37.0 Å². The van der Waals surface area contributed by atoms with Gasteiger partial charge in [0.15, 0.2) is 5.82 Å². The second kappa shape index (κ2) is 8.90. The van der Waals surface area contributed by atoms with Crippen molar-refractivity contribution in [1.29, 1.82) is 0 Å². The van der Waals surface area contributed by atoms with Crippen molar-refractivity contribution in [2.24, 2.45) is 0 Å². The summed E-state index contributed by atoms with van der Waals surface area (Å²) < 4.78 is 0. The van der Waals surface area contributed by atoms with Crippen LogP contribution in [-0.4, -0.2) is 50.1 Å².